The topological polar surface area (TPSA) is 82.2 Å². The highest BCUT2D eigenvalue weighted by atomic mass is 19.1. The van der Waals surface area contributed by atoms with E-state index in [-0.39, 0.29) is 17.0 Å². The molecule has 30 heavy (non-hydrogen) atoms. The fourth-order valence-electron chi connectivity index (χ4n) is 3.22. The standard InChI is InChI=1S/C22H19FN4O3/c1-27-12-11-24-21(27)20(15-8-4-6-10-18(15)29-2)25-22(28)17-13-19(30-26-17)14-7-3-5-9-16(14)23/h3-13,20H,1-2H3,(H,25,28). The van der Waals surface area contributed by atoms with Gasteiger partial charge in [0.25, 0.3) is 5.91 Å². The molecule has 0 saturated heterocycles. The van der Waals surface area contributed by atoms with E-state index in [1.54, 1.807) is 37.7 Å². The molecule has 0 saturated carbocycles. The van der Waals surface area contributed by atoms with Crippen LogP contribution in [-0.2, 0) is 7.05 Å². The molecule has 4 aromatic rings. The van der Waals surface area contributed by atoms with Gasteiger partial charge in [-0.05, 0) is 18.2 Å². The van der Waals surface area contributed by atoms with Crippen LogP contribution in [0, 0.1) is 5.82 Å². The second kappa shape index (κ2) is 8.20. The normalized spacial score (nSPS) is 11.8. The number of carbonyl (C=O) groups is 1. The molecular weight excluding hydrogens is 387 g/mol. The maximum absolute atomic E-state index is 14.0. The monoisotopic (exact) mass is 406 g/mol. The number of hydrogen-bond acceptors (Lipinski definition) is 5. The van der Waals surface area contributed by atoms with Gasteiger partial charge in [0.05, 0.1) is 12.7 Å². The van der Waals surface area contributed by atoms with Gasteiger partial charge < -0.3 is 19.1 Å². The van der Waals surface area contributed by atoms with Crippen LogP contribution in [0.2, 0.25) is 0 Å². The number of aryl methyl sites for hydroxylation is 1. The third-order valence-electron chi connectivity index (χ3n) is 4.72. The lowest BCUT2D eigenvalue weighted by Gasteiger charge is -2.20. The number of amides is 1. The fourth-order valence-corrected chi connectivity index (χ4v) is 3.22. The van der Waals surface area contributed by atoms with Gasteiger partial charge in [-0.3, -0.25) is 4.79 Å². The Balaban J connectivity index is 1.67. The van der Waals surface area contributed by atoms with Crippen LogP contribution in [0.25, 0.3) is 11.3 Å². The zero-order valence-corrected chi connectivity index (χ0v) is 16.4. The summed E-state index contributed by atoms with van der Waals surface area (Å²) >= 11 is 0. The van der Waals surface area contributed by atoms with Gasteiger partial charge >= 0.3 is 0 Å². The van der Waals surface area contributed by atoms with Gasteiger partial charge in [0.1, 0.15) is 23.4 Å². The van der Waals surface area contributed by atoms with Crippen molar-refractivity contribution in [3.05, 3.63) is 89.9 Å². The van der Waals surface area contributed by atoms with Crippen molar-refractivity contribution in [3.8, 4) is 17.1 Å². The molecule has 2 aromatic carbocycles. The third-order valence-corrected chi connectivity index (χ3v) is 4.72. The van der Waals surface area contributed by atoms with E-state index in [4.69, 9.17) is 9.26 Å². The van der Waals surface area contributed by atoms with Crippen molar-refractivity contribution in [1.82, 2.24) is 20.0 Å². The Hall–Kier alpha value is -3.94. The minimum atomic E-state index is -0.595. The first-order valence-electron chi connectivity index (χ1n) is 9.21. The van der Waals surface area contributed by atoms with Crippen molar-refractivity contribution in [1.29, 1.82) is 0 Å². The van der Waals surface area contributed by atoms with Gasteiger partial charge in [-0.2, -0.15) is 0 Å². The average molecular weight is 406 g/mol. The Morgan fingerprint density at radius 3 is 2.70 bits per heavy atom. The van der Waals surface area contributed by atoms with Crippen LogP contribution >= 0.6 is 0 Å². The Morgan fingerprint density at radius 2 is 1.97 bits per heavy atom. The molecule has 0 aliphatic heterocycles. The highest BCUT2D eigenvalue weighted by Crippen LogP contribution is 2.30. The smallest absolute Gasteiger partial charge is 0.274 e. The Morgan fingerprint density at radius 1 is 1.20 bits per heavy atom. The number of rotatable bonds is 6. The predicted molar refractivity (Wildman–Crippen MR) is 107 cm³/mol. The number of para-hydroxylation sites is 1. The number of aromatic nitrogens is 3. The summed E-state index contributed by atoms with van der Waals surface area (Å²) in [5.74, 6) is 0.452. The second-order valence-corrected chi connectivity index (χ2v) is 6.60. The fraction of sp³-hybridized carbons (Fsp3) is 0.136. The van der Waals surface area contributed by atoms with E-state index in [1.165, 1.54) is 12.1 Å². The van der Waals surface area contributed by atoms with E-state index in [2.05, 4.69) is 15.5 Å². The molecule has 8 heteroatoms. The van der Waals surface area contributed by atoms with Crippen LogP contribution < -0.4 is 10.1 Å². The lowest BCUT2D eigenvalue weighted by atomic mass is 10.0. The number of ether oxygens (including phenoxy) is 1. The second-order valence-electron chi connectivity index (χ2n) is 6.60. The predicted octanol–water partition coefficient (Wildman–Crippen LogP) is 3.74. The maximum atomic E-state index is 14.0. The number of hydrogen-bond donors (Lipinski definition) is 1. The van der Waals surface area contributed by atoms with Gasteiger partial charge in [-0.1, -0.05) is 35.5 Å². The SMILES string of the molecule is COc1ccccc1C(NC(=O)c1cc(-c2ccccc2F)on1)c1nccn1C. The van der Waals surface area contributed by atoms with Crippen molar-refractivity contribution in [2.24, 2.45) is 7.05 Å². The zero-order chi connectivity index (χ0) is 21.1. The van der Waals surface area contributed by atoms with Crippen molar-refractivity contribution < 1.29 is 18.4 Å². The molecule has 0 fully saturated rings. The number of carbonyl (C=O) groups excluding carboxylic acids is 1. The third kappa shape index (κ3) is 3.67. The molecular formula is C22H19FN4O3. The van der Waals surface area contributed by atoms with Crippen LogP contribution in [-0.4, -0.2) is 27.7 Å². The van der Waals surface area contributed by atoms with Gasteiger partial charge in [0.2, 0.25) is 0 Å². The molecule has 0 aliphatic carbocycles. The van der Waals surface area contributed by atoms with Crippen molar-refractivity contribution >= 4 is 5.91 Å². The van der Waals surface area contributed by atoms with E-state index in [1.807, 2.05) is 35.9 Å². The summed E-state index contributed by atoms with van der Waals surface area (Å²) in [5.41, 5.74) is 0.997. The summed E-state index contributed by atoms with van der Waals surface area (Å²) in [6, 6.07) is 14.3. The largest absolute Gasteiger partial charge is 0.496 e. The molecule has 0 aliphatic rings. The maximum Gasteiger partial charge on any atom is 0.274 e. The number of methoxy groups -OCH3 is 1. The summed E-state index contributed by atoms with van der Waals surface area (Å²) in [4.78, 5) is 17.3. The van der Waals surface area contributed by atoms with E-state index >= 15 is 0 Å². The molecule has 0 spiro atoms. The molecule has 1 amide bonds. The van der Waals surface area contributed by atoms with E-state index in [9.17, 15) is 9.18 Å². The first-order valence-corrected chi connectivity index (χ1v) is 9.21. The summed E-state index contributed by atoms with van der Waals surface area (Å²) in [6.07, 6.45) is 3.44. The molecule has 152 valence electrons. The number of nitrogens with one attached hydrogen (secondary N) is 1. The lowest BCUT2D eigenvalue weighted by molar-refractivity contribution is 0.0931. The number of halogens is 1. The molecule has 1 N–H and O–H groups in total. The van der Waals surface area contributed by atoms with Crippen LogP contribution in [0.15, 0.2) is 71.5 Å². The minimum Gasteiger partial charge on any atom is -0.496 e. The average Bonchev–Trinajstić information content (AvgIpc) is 3.42. The highest BCUT2D eigenvalue weighted by Gasteiger charge is 2.26. The Bertz CT molecular complexity index is 1180. The summed E-state index contributed by atoms with van der Waals surface area (Å²) in [6.45, 7) is 0. The van der Waals surface area contributed by atoms with E-state index in [0.717, 1.165) is 5.56 Å². The van der Waals surface area contributed by atoms with Crippen molar-refractivity contribution in [2.45, 2.75) is 6.04 Å². The number of nitrogens with zero attached hydrogens (tertiary/aromatic N) is 3. The van der Waals surface area contributed by atoms with Crippen LogP contribution in [0.4, 0.5) is 4.39 Å². The number of benzene rings is 2. The Labute approximate surface area is 172 Å². The summed E-state index contributed by atoms with van der Waals surface area (Å²) < 4.78 is 26.5. The highest BCUT2D eigenvalue weighted by molar-refractivity contribution is 5.93. The van der Waals surface area contributed by atoms with Crippen LogP contribution in [0.1, 0.15) is 27.9 Å². The first-order chi connectivity index (χ1) is 14.6. The van der Waals surface area contributed by atoms with Crippen LogP contribution in [0.3, 0.4) is 0 Å². The Kier molecular flexibility index (Phi) is 5.30. The van der Waals surface area contributed by atoms with Crippen molar-refractivity contribution in [3.63, 3.8) is 0 Å². The quantitative estimate of drug-likeness (QED) is 0.527. The van der Waals surface area contributed by atoms with Gasteiger partial charge in [-0.15, -0.1) is 0 Å². The molecule has 2 aromatic heterocycles. The van der Waals surface area contributed by atoms with Gasteiger partial charge in [0.15, 0.2) is 11.5 Å². The van der Waals surface area contributed by atoms with Gasteiger partial charge in [-0.25, -0.2) is 9.37 Å². The molecule has 0 radical (unpaired) electrons. The molecule has 1 atom stereocenters. The molecule has 7 nitrogen and oxygen atoms in total. The van der Waals surface area contributed by atoms with Gasteiger partial charge in [0, 0.05) is 31.1 Å². The number of imidazole rings is 1. The molecule has 0 bridgehead atoms. The summed E-state index contributed by atoms with van der Waals surface area (Å²) in [7, 11) is 3.40. The van der Waals surface area contributed by atoms with E-state index < -0.39 is 17.8 Å². The first kappa shape index (κ1) is 19.4. The minimum absolute atomic E-state index is 0.0300. The van der Waals surface area contributed by atoms with E-state index in [0.29, 0.717) is 11.6 Å². The zero-order valence-electron chi connectivity index (χ0n) is 16.4. The summed E-state index contributed by atoms with van der Waals surface area (Å²) in [5, 5.41) is 6.74. The lowest BCUT2D eigenvalue weighted by Crippen LogP contribution is -2.31. The van der Waals surface area contributed by atoms with Crippen molar-refractivity contribution in [2.75, 3.05) is 7.11 Å². The molecule has 2 heterocycles. The van der Waals surface area contributed by atoms with Crippen LogP contribution in [0.5, 0.6) is 5.75 Å². The molecule has 1 unspecified atom stereocenters. The molecule has 4 rings (SSSR count).